The van der Waals surface area contributed by atoms with Crippen LogP contribution in [0.25, 0.3) is 0 Å². The average Bonchev–Trinajstić information content (AvgIpc) is 2.96. The van der Waals surface area contributed by atoms with Gasteiger partial charge in [0.1, 0.15) is 5.01 Å². The van der Waals surface area contributed by atoms with E-state index in [0.717, 1.165) is 22.7 Å². The maximum atomic E-state index is 12.3. The van der Waals surface area contributed by atoms with Crippen LogP contribution in [0.4, 0.5) is 5.69 Å². The lowest BCUT2D eigenvalue weighted by atomic mass is 10.1. The Morgan fingerprint density at radius 2 is 2.19 bits per heavy atom. The molecule has 1 aromatic carbocycles. The van der Waals surface area contributed by atoms with Crippen LogP contribution >= 0.6 is 11.3 Å². The molecule has 0 aliphatic rings. The van der Waals surface area contributed by atoms with Gasteiger partial charge in [-0.2, -0.15) is 0 Å². The van der Waals surface area contributed by atoms with E-state index in [2.05, 4.69) is 22.5 Å². The highest BCUT2D eigenvalue weighted by molar-refractivity contribution is 7.11. The van der Waals surface area contributed by atoms with Crippen molar-refractivity contribution in [1.29, 1.82) is 0 Å². The van der Waals surface area contributed by atoms with Crippen LogP contribution < -0.4 is 10.6 Å². The van der Waals surface area contributed by atoms with Gasteiger partial charge in [-0.25, -0.2) is 4.98 Å². The number of rotatable bonds is 5. The van der Waals surface area contributed by atoms with E-state index in [-0.39, 0.29) is 11.9 Å². The van der Waals surface area contributed by atoms with Gasteiger partial charge in [-0.3, -0.25) is 4.79 Å². The van der Waals surface area contributed by atoms with Crippen molar-refractivity contribution in [1.82, 2.24) is 10.3 Å². The van der Waals surface area contributed by atoms with E-state index in [1.807, 2.05) is 45.3 Å². The van der Waals surface area contributed by atoms with Crippen molar-refractivity contribution < 1.29 is 4.79 Å². The molecule has 0 fully saturated rings. The molecule has 4 nitrogen and oxygen atoms in total. The third kappa shape index (κ3) is 3.61. The molecule has 0 saturated heterocycles. The Balaban J connectivity index is 2.08. The van der Waals surface area contributed by atoms with Crippen LogP contribution in [-0.4, -0.2) is 17.9 Å². The Morgan fingerprint density at radius 3 is 2.76 bits per heavy atom. The summed E-state index contributed by atoms with van der Waals surface area (Å²) in [6.45, 7) is 6.05. The number of nitrogens with one attached hydrogen (secondary N) is 2. The Hall–Kier alpha value is -1.88. The Morgan fingerprint density at radius 1 is 1.43 bits per heavy atom. The summed E-state index contributed by atoms with van der Waals surface area (Å²) in [5.41, 5.74) is 2.76. The van der Waals surface area contributed by atoms with Crippen LogP contribution in [-0.2, 0) is 6.42 Å². The third-order valence-electron chi connectivity index (χ3n) is 3.40. The Bertz CT molecular complexity index is 636. The van der Waals surface area contributed by atoms with Crippen molar-refractivity contribution in [3.05, 3.63) is 45.4 Å². The van der Waals surface area contributed by atoms with Crippen molar-refractivity contribution >= 4 is 22.9 Å². The zero-order chi connectivity index (χ0) is 15.4. The van der Waals surface area contributed by atoms with Crippen LogP contribution in [0.5, 0.6) is 0 Å². The van der Waals surface area contributed by atoms with E-state index in [4.69, 9.17) is 0 Å². The normalized spacial score (nSPS) is 12.0. The molecular formula is C16H21N3OS. The molecule has 2 rings (SSSR count). The van der Waals surface area contributed by atoms with Gasteiger partial charge in [-0.15, -0.1) is 11.3 Å². The van der Waals surface area contributed by atoms with Crippen molar-refractivity contribution in [3.63, 3.8) is 0 Å². The maximum absolute atomic E-state index is 12.3. The van der Waals surface area contributed by atoms with Crippen LogP contribution in [0.15, 0.2) is 24.4 Å². The van der Waals surface area contributed by atoms with Gasteiger partial charge in [0.05, 0.1) is 6.04 Å². The van der Waals surface area contributed by atoms with Crippen molar-refractivity contribution in [2.75, 3.05) is 12.4 Å². The fourth-order valence-electron chi connectivity index (χ4n) is 2.11. The molecule has 1 aromatic heterocycles. The molecule has 5 heteroatoms. The van der Waals surface area contributed by atoms with Crippen LogP contribution in [0.1, 0.15) is 45.7 Å². The first-order chi connectivity index (χ1) is 10.0. The number of carbonyl (C=O) groups is 1. The highest BCUT2D eigenvalue weighted by atomic mass is 32.1. The first kappa shape index (κ1) is 15.5. The number of aromatic nitrogens is 1. The van der Waals surface area contributed by atoms with E-state index in [1.54, 1.807) is 11.3 Å². The lowest BCUT2D eigenvalue weighted by Crippen LogP contribution is -2.26. The minimum absolute atomic E-state index is 0.0681. The summed E-state index contributed by atoms with van der Waals surface area (Å²) in [7, 11) is 1.87. The molecule has 1 unspecified atom stereocenters. The van der Waals surface area contributed by atoms with E-state index in [1.165, 1.54) is 4.88 Å². The molecule has 0 aliphatic carbocycles. The largest absolute Gasteiger partial charge is 0.388 e. The fraction of sp³-hybridized carbons (Fsp3) is 0.375. The molecule has 1 heterocycles. The second-order valence-electron chi connectivity index (χ2n) is 4.99. The molecule has 0 radical (unpaired) electrons. The number of hydrogen-bond donors (Lipinski definition) is 2. The van der Waals surface area contributed by atoms with Crippen LogP contribution in [0.2, 0.25) is 0 Å². The number of benzene rings is 1. The second-order valence-corrected chi connectivity index (χ2v) is 6.14. The minimum atomic E-state index is -0.0768. The quantitative estimate of drug-likeness (QED) is 0.888. The highest BCUT2D eigenvalue weighted by Gasteiger charge is 2.15. The molecule has 0 spiro atoms. The summed E-state index contributed by atoms with van der Waals surface area (Å²) in [5, 5.41) is 7.05. The molecule has 21 heavy (non-hydrogen) atoms. The topological polar surface area (TPSA) is 54.0 Å². The molecular weight excluding hydrogens is 282 g/mol. The lowest BCUT2D eigenvalue weighted by molar-refractivity contribution is 0.0940. The SMILES string of the molecule is CCc1cnc(C(C)NC(=O)c2ccc(NC)c(C)c2)s1. The summed E-state index contributed by atoms with van der Waals surface area (Å²) >= 11 is 1.65. The molecule has 0 bridgehead atoms. The van der Waals surface area contributed by atoms with Gasteiger partial charge < -0.3 is 10.6 Å². The minimum Gasteiger partial charge on any atom is -0.388 e. The molecule has 2 aromatic rings. The number of carbonyl (C=O) groups excluding carboxylic acids is 1. The smallest absolute Gasteiger partial charge is 0.251 e. The Labute approximate surface area is 129 Å². The summed E-state index contributed by atoms with van der Waals surface area (Å²) in [4.78, 5) is 17.9. The Kier molecular flexibility index (Phi) is 4.96. The van der Waals surface area contributed by atoms with Crippen molar-refractivity contribution in [3.8, 4) is 0 Å². The second kappa shape index (κ2) is 6.72. The zero-order valence-corrected chi connectivity index (χ0v) is 13.7. The molecule has 1 atom stereocenters. The number of hydrogen-bond acceptors (Lipinski definition) is 4. The van der Waals surface area contributed by atoms with E-state index < -0.39 is 0 Å². The predicted octanol–water partition coefficient (Wildman–Crippen LogP) is 3.55. The van der Waals surface area contributed by atoms with E-state index in [0.29, 0.717) is 5.56 Å². The number of nitrogens with zero attached hydrogens (tertiary/aromatic N) is 1. The van der Waals surface area contributed by atoms with Gasteiger partial charge >= 0.3 is 0 Å². The summed E-state index contributed by atoms with van der Waals surface area (Å²) in [6.07, 6.45) is 2.86. The van der Waals surface area contributed by atoms with Crippen molar-refractivity contribution in [2.45, 2.75) is 33.2 Å². The summed E-state index contributed by atoms with van der Waals surface area (Å²) in [5.74, 6) is -0.0681. The standard InChI is InChI=1S/C16H21N3OS/c1-5-13-9-18-16(21-13)11(3)19-15(20)12-6-7-14(17-4)10(2)8-12/h6-9,11,17H,5H2,1-4H3,(H,19,20). The predicted molar refractivity (Wildman–Crippen MR) is 88.1 cm³/mol. The van der Waals surface area contributed by atoms with Gasteiger partial charge in [-0.05, 0) is 44.0 Å². The monoisotopic (exact) mass is 303 g/mol. The first-order valence-electron chi connectivity index (χ1n) is 7.09. The lowest BCUT2D eigenvalue weighted by Gasteiger charge is -2.12. The van der Waals surface area contributed by atoms with Gasteiger partial charge in [0.15, 0.2) is 0 Å². The number of thiazole rings is 1. The van der Waals surface area contributed by atoms with Crippen molar-refractivity contribution in [2.24, 2.45) is 0 Å². The van der Waals surface area contributed by atoms with E-state index >= 15 is 0 Å². The number of aryl methyl sites for hydroxylation is 2. The maximum Gasteiger partial charge on any atom is 0.251 e. The first-order valence-corrected chi connectivity index (χ1v) is 7.90. The molecule has 2 N–H and O–H groups in total. The van der Waals surface area contributed by atoms with Crippen LogP contribution in [0, 0.1) is 6.92 Å². The third-order valence-corrected chi connectivity index (χ3v) is 4.72. The summed E-state index contributed by atoms with van der Waals surface area (Å²) < 4.78 is 0. The average molecular weight is 303 g/mol. The summed E-state index contributed by atoms with van der Waals surface area (Å²) in [6, 6.07) is 5.58. The van der Waals surface area contributed by atoms with E-state index in [9.17, 15) is 4.79 Å². The molecule has 112 valence electrons. The number of amides is 1. The highest BCUT2D eigenvalue weighted by Crippen LogP contribution is 2.21. The fourth-order valence-corrected chi connectivity index (χ4v) is 2.97. The zero-order valence-electron chi connectivity index (χ0n) is 12.9. The van der Waals surface area contributed by atoms with Gasteiger partial charge in [0, 0.05) is 29.4 Å². The number of anilines is 1. The van der Waals surface area contributed by atoms with Crippen LogP contribution in [0.3, 0.4) is 0 Å². The molecule has 1 amide bonds. The molecule has 0 saturated carbocycles. The van der Waals surface area contributed by atoms with Gasteiger partial charge in [0.25, 0.3) is 5.91 Å². The van der Waals surface area contributed by atoms with Gasteiger partial charge in [0.2, 0.25) is 0 Å². The molecule has 0 aliphatic heterocycles. The van der Waals surface area contributed by atoms with Gasteiger partial charge in [-0.1, -0.05) is 6.92 Å².